The first-order valence-corrected chi connectivity index (χ1v) is 13.5. The molecule has 0 aromatic heterocycles. The Morgan fingerprint density at radius 2 is 1.61 bits per heavy atom. The lowest BCUT2D eigenvalue weighted by atomic mass is 9.70. The van der Waals surface area contributed by atoms with E-state index in [1.165, 1.54) is 5.56 Å². The molecule has 1 amide bonds. The fourth-order valence-electron chi connectivity index (χ4n) is 5.39. The van der Waals surface area contributed by atoms with Gasteiger partial charge >= 0.3 is 0 Å². The number of carbonyl (C=O) groups is 1. The number of ether oxygens (including phenoxy) is 2. The summed E-state index contributed by atoms with van der Waals surface area (Å²) in [6, 6.07) is 10.7. The Kier molecular flexibility index (Phi) is 11.9. The van der Waals surface area contributed by atoms with Crippen LogP contribution in [0.25, 0.3) is 0 Å². The Hall–Kier alpha value is -1.39. The van der Waals surface area contributed by atoms with E-state index in [9.17, 15) is 4.79 Å². The van der Waals surface area contributed by atoms with Crippen molar-refractivity contribution in [1.82, 2.24) is 5.32 Å². The molecule has 5 atom stereocenters. The number of unbranched alkanes of at least 4 members (excludes halogenated alkanes) is 2. The molecule has 1 fully saturated rings. The van der Waals surface area contributed by atoms with Crippen molar-refractivity contribution >= 4 is 5.91 Å². The minimum Gasteiger partial charge on any atom is -0.354 e. The van der Waals surface area contributed by atoms with Crippen molar-refractivity contribution in [3.8, 4) is 0 Å². The number of hydrogen-bond donors (Lipinski definition) is 1. The van der Waals surface area contributed by atoms with Crippen LogP contribution in [0.4, 0.5) is 0 Å². The van der Waals surface area contributed by atoms with Gasteiger partial charge in [0.15, 0.2) is 6.29 Å². The quantitative estimate of drug-likeness (QED) is 0.309. The van der Waals surface area contributed by atoms with Gasteiger partial charge in [-0.1, -0.05) is 97.6 Å². The van der Waals surface area contributed by atoms with Crippen molar-refractivity contribution in [3.05, 3.63) is 35.9 Å². The minimum atomic E-state index is -0.185. The maximum atomic E-state index is 13.1. The summed E-state index contributed by atoms with van der Waals surface area (Å²) in [6.07, 6.45) is 8.29. The lowest BCUT2D eigenvalue weighted by molar-refractivity contribution is -0.247. The molecule has 33 heavy (non-hydrogen) atoms. The molecular formula is C29H49NO3. The second-order valence-corrected chi connectivity index (χ2v) is 10.3. The third-order valence-corrected chi connectivity index (χ3v) is 7.99. The molecule has 1 aliphatic rings. The monoisotopic (exact) mass is 459 g/mol. The lowest BCUT2D eigenvalue weighted by Crippen LogP contribution is -2.46. The molecule has 188 valence electrons. The van der Waals surface area contributed by atoms with Gasteiger partial charge in [-0.05, 0) is 36.7 Å². The van der Waals surface area contributed by atoms with Crippen molar-refractivity contribution < 1.29 is 14.3 Å². The maximum Gasteiger partial charge on any atom is 0.220 e. The maximum absolute atomic E-state index is 13.1. The molecule has 0 spiro atoms. The molecule has 0 saturated carbocycles. The number of carbonyl (C=O) groups excluding carboxylic acids is 1. The second-order valence-electron chi connectivity index (χ2n) is 10.3. The molecule has 0 aliphatic carbocycles. The molecule has 1 aromatic carbocycles. The van der Waals surface area contributed by atoms with Gasteiger partial charge < -0.3 is 14.8 Å². The van der Waals surface area contributed by atoms with Gasteiger partial charge in [-0.3, -0.25) is 4.79 Å². The third kappa shape index (κ3) is 7.82. The molecule has 4 heteroatoms. The van der Waals surface area contributed by atoms with E-state index >= 15 is 0 Å². The molecule has 2 rings (SSSR count). The second kappa shape index (κ2) is 14.1. The zero-order valence-electron chi connectivity index (χ0n) is 22.1. The van der Waals surface area contributed by atoms with E-state index < -0.39 is 0 Å². The van der Waals surface area contributed by atoms with Gasteiger partial charge in [0.05, 0.1) is 12.7 Å². The summed E-state index contributed by atoms with van der Waals surface area (Å²) in [6.45, 7) is 14.4. The van der Waals surface area contributed by atoms with Crippen LogP contribution in [0.1, 0.15) is 98.5 Å². The Morgan fingerprint density at radius 1 is 0.970 bits per heavy atom. The Morgan fingerprint density at radius 3 is 2.18 bits per heavy atom. The van der Waals surface area contributed by atoms with Crippen LogP contribution >= 0.6 is 0 Å². The normalized spacial score (nSPS) is 25.7. The standard InChI is InChI=1S/C29H49NO3/c1-7-10-17-29(18-11-8-2,25-15-13-12-14-16-25)21-27(31)30-19-20-32-28-24(6)22(4)23(5)26(9-3)33-28/h12-16,22-24,26,28H,7-11,17-21H2,1-6H3,(H,30,31)/t22?,23-,24-,26?,28-/m0/s1. The van der Waals surface area contributed by atoms with Gasteiger partial charge in [0.25, 0.3) is 0 Å². The lowest BCUT2D eigenvalue weighted by Gasteiger charge is -2.43. The molecule has 4 nitrogen and oxygen atoms in total. The Bertz CT molecular complexity index is 667. The molecule has 1 N–H and O–H groups in total. The zero-order valence-corrected chi connectivity index (χ0v) is 22.1. The molecule has 0 bridgehead atoms. The minimum absolute atomic E-state index is 0.0842. The summed E-state index contributed by atoms with van der Waals surface area (Å²) < 4.78 is 12.3. The number of amides is 1. The summed E-state index contributed by atoms with van der Waals surface area (Å²) in [5.41, 5.74) is 1.22. The topological polar surface area (TPSA) is 47.6 Å². The molecule has 0 radical (unpaired) electrons. The predicted molar refractivity (Wildman–Crippen MR) is 137 cm³/mol. The number of hydrogen-bond acceptors (Lipinski definition) is 3. The van der Waals surface area contributed by atoms with E-state index in [1.54, 1.807) is 0 Å². The molecular weight excluding hydrogens is 410 g/mol. The van der Waals surface area contributed by atoms with Crippen molar-refractivity contribution in [3.63, 3.8) is 0 Å². The van der Waals surface area contributed by atoms with E-state index in [-0.39, 0.29) is 23.7 Å². The highest BCUT2D eigenvalue weighted by atomic mass is 16.7. The first-order valence-electron chi connectivity index (χ1n) is 13.5. The number of rotatable bonds is 14. The van der Waals surface area contributed by atoms with Crippen LogP contribution in [0.2, 0.25) is 0 Å². The Balaban J connectivity index is 1.94. The van der Waals surface area contributed by atoms with Gasteiger partial charge in [0.1, 0.15) is 0 Å². The molecule has 1 aromatic rings. The van der Waals surface area contributed by atoms with Crippen LogP contribution in [0.15, 0.2) is 30.3 Å². The van der Waals surface area contributed by atoms with Crippen LogP contribution in [0, 0.1) is 17.8 Å². The van der Waals surface area contributed by atoms with E-state index in [1.807, 2.05) is 0 Å². The van der Waals surface area contributed by atoms with Crippen molar-refractivity contribution in [1.29, 1.82) is 0 Å². The zero-order chi connectivity index (χ0) is 24.3. The average molecular weight is 460 g/mol. The van der Waals surface area contributed by atoms with Gasteiger partial charge in [-0.2, -0.15) is 0 Å². The van der Waals surface area contributed by atoms with E-state index in [0.29, 0.717) is 37.3 Å². The number of nitrogens with one attached hydrogen (secondary N) is 1. The van der Waals surface area contributed by atoms with Gasteiger partial charge in [0, 0.05) is 24.3 Å². The van der Waals surface area contributed by atoms with E-state index in [4.69, 9.17) is 9.47 Å². The summed E-state index contributed by atoms with van der Waals surface area (Å²) in [5, 5.41) is 3.14. The first-order chi connectivity index (χ1) is 15.9. The van der Waals surface area contributed by atoms with Crippen LogP contribution in [0.3, 0.4) is 0 Å². The fraction of sp³-hybridized carbons (Fsp3) is 0.759. The first kappa shape index (κ1) is 27.9. The van der Waals surface area contributed by atoms with Crippen molar-refractivity contribution in [2.75, 3.05) is 13.2 Å². The number of benzene rings is 1. The SMILES string of the molecule is CCCCC(CCCC)(CC(=O)NCCO[C@H]1OC(CC)[C@@H](C)C(C)[C@@H]1C)c1ccccc1. The van der Waals surface area contributed by atoms with E-state index in [2.05, 4.69) is 77.2 Å². The van der Waals surface area contributed by atoms with Crippen LogP contribution in [-0.2, 0) is 19.7 Å². The highest BCUT2D eigenvalue weighted by molar-refractivity contribution is 5.77. The summed E-state index contributed by atoms with van der Waals surface area (Å²) in [7, 11) is 0. The third-order valence-electron chi connectivity index (χ3n) is 7.99. The van der Waals surface area contributed by atoms with Gasteiger partial charge in [-0.25, -0.2) is 0 Å². The molecule has 1 heterocycles. The molecule has 2 unspecified atom stereocenters. The summed E-state index contributed by atoms with van der Waals surface area (Å²) in [5.74, 6) is 1.59. The predicted octanol–water partition coefficient (Wildman–Crippen LogP) is 6.87. The van der Waals surface area contributed by atoms with Crippen molar-refractivity contribution in [2.45, 2.75) is 111 Å². The van der Waals surface area contributed by atoms with Crippen LogP contribution in [-0.4, -0.2) is 31.5 Å². The fourth-order valence-corrected chi connectivity index (χ4v) is 5.39. The highest BCUT2D eigenvalue weighted by Crippen LogP contribution is 2.39. The molecule has 1 saturated heterocycles. The van der Waals surface area contributed by atoms with E-state index in [0.717, 1.165) is 44.9 Å². The molecule has 1 aliphatic heterocycles. The average Bonchev–Trinajstić information content (AvgIpc) is 2.83. The summed E-state index contributed by atoms with van der Waals surface area (Å²) in [4.78, 5) is 13.1. The van der Waals surface area contributed by atoms with Crippen molar-refractivity contribution in [2.24, 2.45) is 17.8 Å². The van der Waals surface area contributed by atoms with Gasteiger partial charge in [0.2, 0.25) is 5.91 Å². The van der Waals surface area contributed by atoms with Crippen LogP contribution < -0.4 is 5.32 Å². The van der Waals surface area contributed by atoms with Gasteiger partial charge in [-0.15, -0.1) is 0 Å². The smallest absolute Gasteiger partial charge is 0.220 e. The van der Waals surface area contributed by atoms with Crippen LogP contribution in [0.5, 0.6) is 0 Å². The summed E-state index contributed by atoms with van der Waals surface area (Å²) >= 11 is 0. The highest BCUT2D eigenvalue weighted by Gasteiger charge is 2.38. The largest absolute Gasteiger partial charge is 0.354 e. The Labute approximate surface area is 203 Å².